The van der Waals surface area contributed by atoms with Gasteiger partial charge in [0.25, 0.3) is 0 Å². The Balaban J connectivity index is 2.30. The molecule has 1 aliphatic rings. The molecule has 0 bridgehead atoms. The second kappa shape index (κ2) is 6.14. The fourth-order valence-electron chi connectivity index (χ4n) is 1.57. The van der Waals surface area contributed by atoms with Crippen LogP contribution in [0.25, 0.3) is 0 Å². The van der Waals surface area contributed by atoms with E-state index in [0.717, 1.165) is 12.8 Å². The summed E-state index contributed by atoms with van der Waals surface area (Å²) in [7, 11) is 0. The van der Waals surface area contributed by atoms with E-state index in [1.807, 2.05) is 6.92 Å². The number of hydrogen-bond donors (Lipinski definition) is 2. The first-order valence-electron chi connectivity index (χ1n) is 5.83. The third-order valence-corrected chi connectivity index (χ3v) is 4.49. The summed E-state index contributed by atoms with van der Waals surface area (Å²) < 4.78 is 0.238. The quantitative estimate of drug-likeness (QED) is 0.725. The topological polar surface area (TPSA) is 69.6 Å². The van der Waals surface area contributed by atoms with Gasteiger partial charge >= 0.3 is 12.0 Å². The van der Waals surface area contributed by atoms with E-state index in [9.17, 15) is 9.59 Å². The molecule has 17 heavy (non-hydrogen) atoms. The standard InChI is InChI=1S/C11H20N2O3S/c1-3-13(7-4-9(14)15)10(16)12-8-11(17-2)5-6-11/h3-8H2,1-2H3,(H,12,16)(H,14,15). The van der Waals surface area contributed by atoms with Crippen LogP contribution in [-0.4, -0.2) is 52.6 Å². The molecule has 0 aromatic rings. The maximum atomic E-state index is 11.8. The highest BCUT2D eigenvalue weighted by molar-refractivity contribution is 8.00. The lowest BCUT2D eigenvalue weighted by Crippen LogP contribution is -2.43. The number of amides is 2. The first kappa shape index (κ1) is 14.2. The molecular weight excluding hydrogens is 240 g/mol. The van der Waals surface area contributed by atoms with Gasteiger partial charge in [0.05, 0.1) is 6.42 Å². The second-order valence-corrected chi connectivity index (χ2v) is 5.54. The van der Waals surface area contributed by atoms with Crippen molar-refractivity contribution in [3.8, 4) is 0 Å². The van der Waals surface area contributed by atoms with Crippen molar-refractivity contribution in [3.05, 3.63) is 0 Å². The monoisotopic (exact) mass is 260 g/mol. The molecule has 0 aromatic heterocycles. The Morgan fingerprint density at radius 2 is 2.12 bits per heavy atom. The van der Waals surface area contributed by atoms with Gasteiger partial charge in [-0.05, 0) is 26.0 Å². The van der Waals surface area contributed by atoms with E-state index in [-0.39, 0.29) is 23.7 Å². The van der Waals surface area contributed by atoms with Crippen molar-refractivity contribution in [1.82, 2.24) is 10.2 Å². The fraction of sp³-hybridized carbons (Fsp3) is 0.818. The van der Waals surface area contributed by atoms with E-state index in [2.05, 4.69) is 11.6 Å². The van der Waals surface area contributed by atoms with Crippen LogP contribution in [0.2, 0.25) is 0 Å². The van der Waals surface area contributed by atoms with Crippen LogP contribution < -0.4 is 5.32 Å². The van der Waals surface area contributed by atoms with E-state index in [1.165, 1.54) is 4.90 Å². The molecule has 1 aliphatic carbocycles. The van der Waals surface area contributed by atoms with Crippen LogP contribution in [0.1, 0.15) is 26.2 Å². The molecule has 5 nitrogen and oxygen atoms in total. The van der Waals surface area contributed by atoms with Crippen molar-refractivity contribution >= 4 is 23.8 Å². The highest BCUT2D eigenvalue weighted by Gasteiger charge is 2.42. The number of nitrogens with one attached hydrogen (secondary N) is 1. The van der Waals surface area contributed by atoms with Gasteiger partial charge in [-0.3, -0.25) is 4.79 Å². The van der Waals surface area contributed by atoms with Crippen LogP contribution in [0.4, 0.5) is 4.79 Å². The molecule has 1 saturated carbocycles. The van der Waals surface area contributed by atoms with E-state index < -0.39 is 5.97 Å². The van der Waals surface area contributed by atoms with Gasteiger partial charge < -0.3 is 15.3 Å². The van der Waals surface area contributed by atoms with Gasteiger partial charge in [0.1, 0.15) is 0 Å². The minimum Gasteiger partial charge on any atom is -0.481 e. The van der Waals surface area contributed by atoms with Crippen molar-refractivity contribution in [3.63, 3.8) is 0 Å². The fourth-order valence-corrected chi connectivity index (χ4v) is 2.30. The van der Waals surface area contributed by atoms with E-state index in [0.29, 0.717) is 13.1 Å². The Hall–Kier alpha value is -0.910. The zero-order valence-electron chi connectivity index (χ0n) is 10.4. The lowest BCUT2D eigenvalue weighted by atomic mass is 10.4. The molecule has 2 amide bonds. The maximum absolute atomic E-state index is 11.8. The Kier molecular flexibility index (Phi) is 5.11. The Labute approximate surface area is 106 Å². The molecule has 0 heterocycles. The van der Waals surface area contributed by atoms with Crippen LogP contribution in [0.15, 0.2) is 0 Å². The largest absolute Gasteiger partial charge is 0.481 e. The summed E-state index contributed by atoms with van der Waals surface area (Å²) in [6.45, 7) is 3.33. The van der Waals surface area contributed by atoms with Crippen LogP contribution in [0.3, 0.4) is 0 Å². The number of thioether (sulfide) groups is 1. The molecule has 0 saturated heterocycles. The van der Waals surface area contributed by atoms with Gasteiger partial charge in [-0.25, -0.2) is 4.79 Å². The maximum Gasteiger partial charge on any atom is 0.317 e. The molecule has 0 unspecified atom stereocenters. The summed E-state index contributed by atoms with van der Waals surface area (Å²) in [6, 6.07) is -0.158. The number of carbonyl (C=O) groups is 2. The molecule has 0 radical (unpaired) electrons. The van der Waals surface area contributed by atoms with Gasteiger partial charge in [0, 0.05) is 24.4 Å². The zero-order chi connectivity index (χ0) is 12.9. The van der Waals surface area contributed by atoms with Crippen molar-refractivity contribution in [2.45, 2.75) is 30.9 Å². The van der Waals surface area contributed by atoms with Crippen molar-refractivity contribution in [2.75, 3.05) is 25.9 Å². The van der Waals surface area contributed by atoms with Crippen molar-refractivity contribution in [1.29, 1.82) is 0 Å². The minimum absolute atomic E-state index is 0.00503. The molecule has 1 fully saturated rings. The number of hydrogen-bond acceptors (Lipinski definition) is 3. The number of carbonyl (C=O) groups excluding carboxylic acids is 1. The lowest BCUT2D eigenvalue weighted by molar-refractivity contribution is -0.137. The highest BCUT2D eigenvalue weighted by atomic mass is 32.2. The Morgan fingerprint density at radius 1 is 1.47 bits per heavy atom. The van der Waals surface area contributed by atoms with Crippen LogP contribution in [-0.2, 0) is 4.79 Å². The first-order chi connectivity index (χ1) is 8.03. The number of nitrogens with zero attached hydrogens (tertiary/aromatic N) is 1. The predicted molar refractivity (Wildman–Crippen MR) is 68.4 cm³/mol. The summed E-state index contributed by atoms with van der Waals surface area (Å²) >= 11 is 1.79. The third kappa shape index (κ3) is 4.46. The normalized spacial score (nSPS) is 16.4. The molecule has 0 aromatic carbocycles. The summed E-state index contributed by atoms with van der Waals surface area (Å²) in [4.78, 5) is 23.8. The molecule has 0 aliphatic heterocycles. The molecule has 98 valence electrons. The van der Waals surface area contributed by atoms with E-state index in [1.54, 1.807) is 11.8 Å². The van der Waals surface area contributed by atoms with Gasteiger partial charge in [0.2, 0.25) is 0 Å². The van der Waals surface area contributed by atoms with Gasteiger partial charge in [-0.1, -0.05) is 0 Å². The summed E-state index contributed by atoms with van der Waals surface area (Å²) in [6.07, 6.45) is 4.35. The predicted octanol–water partition coefficient (Wildman–Crippen LogP) is 1.39. The SMILES string of the molecule is CCN(CCC(=O)O)C(=O)NCC1(SC)CC1. The van der Waals surface area contributed by atoms with Crippen molar-refractivity contribution < 1.29 is 14.7 Å². The average Bonchev–Trinajstić information content (AvgIpc) is 3.07. The van der Waals surface area contributed by atoms with Gasteiger partial charge in [0.15, 0.2) is 0 Å². The van der Waals surface area contributed by atoms with Crippen LogP contribution in [0, 0.1) is 0 Å². The average molecular weight is 260 g/mol. The summed E-state index contributed by atoms with van der Waals surface area (Å²) in [5.41, 5.74) is 0. The highest BCUT2D eigenvalue weighted by Crippen LogP contribution is 2.46. The Bertz CT molecular complexity index is 292. The number of carboxylic acid groups (broad SMARTS) is 1. The van der Waals surface area contributed by atoms with Gasteiger partial charge in [-0.2, -0.15) is 11.8 Å². The number of rotatable bonds is 7. The lowest BCUT2D eigenvalue weighted by Gasteiger charge is -2.22. The molecule has 6 heteroatoms. The third-order valence-electron chi connectivity index (χ3n) is 3.07. The molecular formula is C11H20N2O3S. The van der Waals surface area contributed by atoms with Crippen LogP contribution >= 0.6 is 11.8 Å². The van der Waals surface area contributed by atoms with Crippen molar-refractivity contribution in [2.24, 2.45) is 0 Å². The minimum atomic E-state index is -0.876. The summed E-state index contributed by atoms with van der Waals surface area (Å²) in [5, 5.41) is 11.5. The molecule has 1 rings (SSSR count). The molecule has 2 N–H and O–H groups in total. The number of urea groups is 1. The molecule has 0 spiro atoms. The summed E-state index contributed by atoms with van der Waals surface area (Å²) in [5.74, 6) is -0.876. The zero-order valence-corrected chi connectivity index (χ0v) is 11.2. The number of carboxylic acids is 1. The second-order valence-electron chi connectivity index (χ2n) is 4.27. The first-order valence-corrected chi connectivity index (χ1v) is 7.05. The van der Waals surface area contributed by atoms with E-state index >= 15 is 0 Å². The molecule has 0 atom stereocenters. The van der Waals surface area contributed by atoms with Gasteiger partial charge in [-0.15, -0.1) is 0 Å². The Morgan fingerprint density at radius 3 is 2.53 bits per heavy atom. The smallest absolute Gasteiger partial charge is 0.317 e. The van der Waals surface area contributed by atoms with E-state index in [4.69, 9.17) is 5.11 Å². The number of aliphatic carboxylic acids is 1. The van der Waals surface area contributed by atoms with Crippen LogP contribution in [0.5, 0.6) is 0 Å².